The molecule has 3 N–H and O–H groups in total. The smallest absolute Gasteiger partial charge is 0.408 e. The first-order valence-electron chi connectivity index (χ1n) is 9.79. The second kappa shape index (κ2) is 11.2. The van der Waals surface area contributed by atoms with Crippen LogP contribution < -0.4 is 11.1 Å². The highest BCUT2D eigenvalue weighted by Crippen LogP contribution is 2.40. The van der Waals surface area contributed by atoms with Crippen molar-refractivity contribution in [3.05, 3.63) is 95.8 Å². The first-order valence-corrected chi connectivity index (χ1v) is 10.7. The number of thioether (sulfide) groups is 1. The van der Waals surface area contributed by atoms with Gasteiger partial charge in [-0.15, -0.1) is 11.8 Å². The molecule has 0 bridgehead atoms. The monoisotopic (exact) mass is 454 g/mol. The van der Waals surface area contributed by atoms with Gasteiger partial charge in [0.1, 0.15) is 18.5 Å². The van der Waals surface area contributed by atoms with Gasteiger partial charge in [-0.3, -0.25) is 0 Å². The Hall–Kier alpha value is -3.52. The summed E-state index contributed by atoms with van der Waals surface area (Å²) in [6.07, 6.45) is -0.780. The number of halogens is 1. The van der Waals surface area contributed by atoms with Crippen LogP contribution in [0.3, 0.4) is 0 Å². The van der Waals surface area contributed by atoms with E-state index in [2.05, 4.69) is 5.32 Å². The molecule has 0 radical (unpaired) electrons. The molecule has 0 heterocycles. The molecule has 3 aromatic carbocycles. The Morgan fingerprint density at radius 3 is 2.31 bits per heavy atom. The SMILES string of the molecule is COC(=O)C(NC(=O)OCc1ccccc1)C(Sc1ccccc1N)c1ccc(F)cc1. The summed E-state index contributed by atoms with van der Waals surface area (Å²) in [4.78, 5) is 25.9. The molecule has 6 nitrogen and oxygen atoms in total. The number of carbonyl (C=O) groups is 2. The fourth-order valence-electron chi connectivity index (χ4n) is 2.98. The molecule has 2 unspecified atom stereocenters. The number of benzene rings is 3. The van der Waals surface area contributed by atoms with Crippen LogP contribution in [0.25, 0.3) is 0 Å². The second-order valence-corrected chi connectivity index (χ2v) is 8.02. The maximum atomic E-state index is 13.5. The Balaban J connectivity index is 1.86. The van der Waals surface area contributed by atoms with E-state index in [9.17, 15) is 14.0 Å². The molecule has 8 heteroatoms. The lowest BCUT2D eigenvalue weighted by Crippen LogP contribution is -2.45. The lowest BCUT2D eigenvalue weighted by Gasteiger charge is -2.26. The predicted octanol–water partition coefficient (Wildman–Crippen LogP) is 4.71. The molecular weight excluding hydrogens is 431 g/mol. The molecule has 32 heavy (non-hydrogen) atoms. The van der Waals surface area contributed by atoms with Crippen molar-refractivity contribution in [2.24, 2.45) is 0 Å². The fraction of sp³-hybridized carbons (Fsp3) is 0.167. The normalized spacial score (nSPS) is 12.4. The van der Waals surface area contributed by atoms with Gasteiger partial charge >= 0.3 is 12.1 Å². The van der Waals surface area contributed by atoms with Crippen molar-refractivity contribution >= 4 is 29.5 Å². The van der Waals surface area contributed by atoms with Crippen molar-refractivity contribution in [2.75, 3.05) is 12.8 Å². The van der Waals surface area contributed by atoms with E-state index in [0.29, 0.717) is 16.1 Å². The van der Waals surface area contributed by atoms with Gasteiger partial charge in [-0.1, -0.05) is 54.6 Å². The molecule has 0 fully saturated rings. The predicted molar refractivity (Wildman–Crippen MR) is 121 cm³/mol. The van der Waals surface area contributed by atoms with E-state index in [1.165, 1.54) is 31.0 Å². The van der Waals surface area contributed by atoms with Gasteiger partial charge in [0.25, 0.3) is 0 Å². The largest absolute Gasteiger partial charge is 0.467 e. The summed E-state index contributed by atoms with van der Waals surface area (Å²) in [5, 5.41) is 1.94. The van der Waals surface area contributed by atoms with Crippen LogP contribution in [0.1, 0.15) is 16.4 Å². The van der Waals surface area contributed by atoms with Crippen molar-refractivity contribution in [1.29, 1.82) is 0 Å². The number of carbonyl (C=O) groups excluding carboxylic acids is 2. The van der Waals surface area contributed by atoms with Gasteiger partial charge in [-0.25, -0.2) is 14.0 Å². The number of anilines is 1. The van der Waals surface area contributed by atoms with Crippen LogP contribution in [0.4, 0.5) is 14.9 Å². The van der Waals surface area contributed by atoms with Gasteiger partial charge in [-0.2, -0.15) is 0 Å². The molecule has 1 amide bonds. The van der Waals surface area contributed by atoms with E-state index in [1.54, 1.807) is 30.3 Å². The number of hydrogen-bond donors (Lipinski definition) is 2. The van der Waals surface area contributed by atoms with Gasteiger partial charge in [0, 0.05) is 10.6 Å². The summed E-state index contributed by atoms with van der Waals surface area (Å²) < 4.78 is 23.8. The van der Waals surface area contributed by atoms with Crippen LogP contribution >= 0.6 is 11.8 Å². The number of esters is 1. The van der Waals surface area contributed by atoms with Crippen LogP contribution in [0.5, 0.6) is 0 Å². The molecule has 0 aromatic heterocycles. The Morgan fingerprint density at radius 2 is 1.66 bits per heavy atom. The highest BCUT2D eigenvalue weighted by Gasteiger charge is 2.34. The van der Waals surface area contributed by atoms with Gasteiger partial charge < -0.3 is 20.5 Å². The van der Waals surface area contributed by atoms with Crippen molar-refractivity contribution in [3.63, 3.8) is 0 Å². The Bertz CT molecular complexity index is 1050. The zero-order chi connectivity index (χ0) is 22.9. The van der Waals surface area contributed by atoms with Crippen molar-refractivity contribution in [3.8, 4) is 0 Å². The summed E-state index contributed by atoms with van der Waals surface area (Å²) >= 11 is 1.26. The van der Waals surface area contributed by atoms with E-state index in [1.807, 2.05) is 36.4 Å². The molecule has 166 valence electrons. The molecule has 2 atom stereocenters. The zero-order valence-corrected chi connectivity index (χ0v) is 18.2. The molecular formula is C24H23FN2O4S. The number of nitrogens with two attached hydrogens (primary N) is 1. The molecule has 0 aliphatic carbocycles. The molecule has 0 aliphatic heterocycles. The third-order valence-electron chi connectivity index (χ3n) is 4.62. The third-order valence-corrected chi connectivity index (χ3v) is 6.04. The highest BCUT2D eigenvalue weighted by atomic mass is 32.2. The highest BCUT2D eigenvalue weighted by molar-refractivity contribution is 7.99. The summed E-state index contributed by atoms with van der Waals surface area (Å²) in [7, 11) is 1.23. The van der Waals surface area contributed by atoms with Gasteiger partial charge in [-0.05, 0) is 35.4 Å². The molecule has 0 spiro atoms. The van der Waals surface area contributed by atoms with E-state index in [-0.39, 0.29) is 6.61 Å². The lowest BCUT2D eigenvalue weighted by molar-refractivity contribution is -0.143. The first-order chi connectivity index (χ1) is 15.5. The molecule has 3 rings (SSSR count). The molecule has 0 saturated heterocycles. The zero-order valence-electron chi connectivity index (χ0n) is 17.4. The average molecular weight is 455 g/mol. The number of methoxy groups -OCH3 is 1. The summed E-state index contributed by atoms with van der Waals surface area (Å²) in [6.45, 7) is 0.0422. The number of para-hydroxylation sites is 1. The number of alkyl carbamates (subject to hydrolysis) is 1. The maximum Gasteiger partial charge on any atom is 0.408 e. The number of nitrogens with one attached hydrogen (secondary N) is 1. The number of ether oxygens (including phenoxy) is 2. The number of rotatable bonds is 8. The Kier molecular flexibility index (Phi) is 8.10. The lowest BCUT2D eigenvalue weighted by atomic mass is 10.1. The van der Waals surface area contributed by atoms with Crippen LogP contribution in [-0.2, 0) is 20.9 Å². The van der Waals surface area contributed by atoms with Crippen molar-refractivity contribution in [2.45, 2.75) is 22.8 Å². The number of amides is 1. The van der Waals surface area contributed by atoms with Gasteiger partial charge in [0.05, 0.1) is 12.4 Å². The van der Waals surface area contributed by atoms with Crippen LogP contribution in [-0.4, -0.2) is 25.2 Å². The van der Waals surface area contributed by atoms with E-state index < -0.39 is 29.2 Å². The summed E-state index contributed by atoms with van der Waals surface area (Å²) in [5.74, 6) is -1.08. The van der Waals surface area contributed by atoms with E-state index in [0.717, 1.165) is 5.56 Å². The first kappa shape index (κ1) is 23.1. The second-order valence-electron chi connectivity index (χ2n) is 6.83. The van der Waals surface area contributed by atoms with Crippen molar-refractivity contribution in [1.82, 2.24) is 5.32 Å². The van der Waals surface area contributed by atoms with E-state index in [4.69, 9.17) is 15.2 Å². The Morgan fingerprint density at radius 1 is 1.00 bits per heavy atom. The fourth-order valence-corrected chi connectivity index (χ4v) is 4.23. The minimum Gasteiger partial charge on any atom is -0.467 e. The maximum absolute atomic E-state index is 13.5. The number of hydrogen-bond acceptors (Lipinski definition) is 6. The average Bonchev–Trinajstić information content (AvgIpc) is 2.82. The van der Waals surface area contributed by atoms with Crippen LogP contribution in [0, 0.1) is 5.82 Å². The standard InChI is InChI=1S/C24H23FN2O4S/c1-30-23(28)21(27-24(29)31-15-16-7-3-2-4-8-16)22(17-11-13-18(25)14-12-17)32-20-10-6-5-9-19(20)26/h2-14,21-22H,15,26H2,1H3,(H,27,29). The Labute approximate surface area is 189 Å². The summed E-state index contributed by atoms with van der Waals surface area (Å²) in [5.41, 5.74) is 8.01. The third kappa shape index (κ3) is 6.24. The number of nitrogen functional groups attached to an aromatic ring is 1. The molecule has 3 aromatic rings. The molecule has 0 saturated carbocycles. The van der Waals surface area contributed by atoms with Crippen molar-refractivity contribution < 1.29 is 23.5 Å². The summed E-state index contributed by atoms with van der Waals surface area (Å²) in [6, 6.07) is 20.9. The minimum atomic E-state index is -1.11. The van der Waals surface area contributed by atoms with Crippen LogP contribution in [0.15, 0.2) is 83.8 Å². The van der Waals surface area contributed by atoms with Gasteiger partial charge in [0.15, 0.2) is 0 Å². The quantitative estimate of drug-likeness (QED) is 0.291. The van der Waals surface area contributed by atoms with Gasteiger partial charge in [0.2, 0.25) is 0 Å². The topological polar surface area (TPSA) is 90.6 Å². The van der Waals surface area contributed by atoms with E-state index >= 15 is 0 Å². The molecule has 0 aliphatic rings. The minimum absolute atomic E-state index is 0.0422. The van der Waals surface area contributed by atoms with Crippen LogP contribution in [0.2, 0.25) is 0 Å².